The van der Waals surface area contributed by atoms with E-state index in [-0.39, 0.29) is 44.4 Å². The van der Waals surface area contributed by atoms with Crippen LogP contribution >= 0.6 is 0 Å². The number of carbonyl (C=O) groups is 3. The Morgan fingerprint density at radius 3 is 0.918 bits per heavy atom. The van der Waals surface area contributed by atoms with Crippen LogP contribution in [0.2, 0.25) is 0 Å². The van der Waals surface area contributed by atoms with E-state index in [0.717, 1.165) is 116 Å². The Labute approximate surface area is 446 Å². The largest absolute Gasteiger partial charge is 0.462 e. The fourth-order valence-electron chi connectivity index (χ4n) is 6.72. The molecule has 0 amide bonds. The van der Waals surface area contributed by atoms with Gasteiger partial charge in [-0.1, -0.05) is 222 Å². The van der Waals surface area contributed by atoms with Gasteiger partial charge in [-0.25, -0.2) is 0 Å². The van der Waals surface area contributed by atoms with E-state index < -0.39 is 12.1 Å². The van der Waals surface area contributed by atoms with Crippen LogP contribution in [0, 0.1) is 0 Å². The summed E-state index contributed by atoms with van der Waals surface area (Å²) in [5, 5.41) is 0. The zero-order chi connectivity index (χ0) is 52.9. The predicted molar refractivity (Wildman–Crippen MR) is 315 cm³/mol. The number of allylic oxidation sites excluding steroid dienone is 30. The highest BCUT2D eigenvalue weighted by atomic mass is 16.6. The predicted octanol–water partition coefficient (Wildman–Crippen LogP) is 19.3. The van der Waals surface area contributed by atoms with E-state index in [9.17, 15) is 14.4 Å². The van der Waals surface area contributed by atoms with Crippen molar-refractivity contribution in [1.82, 2.24) is 0 Å². The second-order valence-electron chi connectivity index (χ2n) is 17.7. The van der Waals surface area contributed by atoms with Gasteiger partial charge in [0, 0.05) is 19.3 Å². The molecule has 0 unspecified atom stereocenters. The van der Waals surface area contributed by atoms with Crippen molar-refractivity contribution in [1.29, 1.82) is 0 Å². The molecule has 0 spiro atoms. The number of ether oxygens (including phenoxy) is 3. The molecule has 0 N–H and O–H groups in total. The van der Waals surface area contributed by atoms with Gasteiger partial charge < -0.3 is 14.2 Å². The van der Waals surface area contributed by atoms with Crippen molar-refractivity contribution in [2.45, 2.75) is 207 Å². The van der Waals surface area contributed by atoms with E-state index in [4.69, 9.17) is 14.2 Å². The second-order valence-corrected chi connectivity index (χ2v) is 17.7. The summed E-state index contributed by atoms with van der Waals surface area (Å²) in [7, 11) is 0. The Kier molecular flexibility index (Phi) is 54.6. The summed E-state index contributed by atoms with van der Waals surface area (Å²) in [5.41, 5.74) is 0. The van der Waals surface area contributed by atoms with Crippen molar-refractivity contribution in [3.05, 3.63) is 182 Å². The Bertz CT molecular complexity index is 1770. The van der Waals surface area contributed by atoms with Gasteiger partial charge >= 0.3 is 17.9 Å². The minimum atomic E-state index is -0.866. The maximum atomic E-state index is 12.8. The summed E-state index contributed by atoms with van der Waals surface area (Å²) in [5.74, 6) is -1.14. The van der Waals surface area contributed by atoms with Crippen molar-refractivity contribution in [2.24, 2.45) is 0 Å². The van der Waals surface area contributed by atoms with Crippen LogP contribution < -0.4 is 0 Å². The molecule has 0 rings (SSSR count). The molecular formula is C67H100O6. The van der Waals surface area contributed by atoms with Gasteiger partial charge in [0.2, 0.25) is 0 Å². The molecule has 0 aromatic rings. The van der Waals surface area contributed by atoms with E-state index in [0.29, 0.717) is 19.3 Å². The minimum Gasteiger partial charge on any atom is -0.462 e. The fourth-order valence-corrected chi connectivity index (χ4v) is 6.72. The molecule has 0 saturated carbocycles. The monoisotopic (exact) mass is 1000 g/mol. The number of hydrogen-bond acceptors (Lipinski definition) is 6. The first-order valence-electron chi connectivity index (χ1n) is 28.3. The third-order valence-electron chi connectivity index (χ3n) is 10.9. The molecule has 6 heteroatoms. The second kappa shape index (κ2) is 59.1. The lowest BCUT2D eigenvalue weighted by Gasteiger charge is -2.18. The van der Waals surface area contributed by atoms with Crippen LogP contribution in [-0.4, -0.2) is 37.2 Å². The lowest BCUT2D eigenvalue weighted by molar-refractivity contribution is -0.166. The molecule has 0 saturated heterocycles. The molecule has 73 heavy (non-hydrogen) atoms. The topological polar surface area (TPSA) is 78.9 Å². The molecule has 0 aliphatic rings. The van der Waals surface area contributed by atoms with Gasteiger partial charge in [0.1, 0.15) is 13.2 Å². The smallest absolute Gasteiger partial charge is 0.306 e. The molecule has 404 valence electrons. The first-order valence-corrected chi connectivity index (χ1v) is 28.3. The molecule has 0 fully saturated rings. The molecule has 0 radical (unpaired) electrons. The summed E-state index contributed by atoms with van der Waals surface area (Å²) in [4.78, 5) is 38.1. The summed E-state index contributed by atoms with van der Waals surface area (Å²) >= 11 is 0. The SMILES string of the molecule is CC/C=C\C/C=C\C/C=C\C/C=C\C/C=C\C/C=C\CCC(=O)O[C@@H](COC(=O)CCC/C=C\C/C=C\C/C=C\C/C=C\CCCCC)COC(=O)CCCCC/C=C\C/C=C\C/C=C\C/C=C\C/C=C\CC. The average molecular weight is 1000 g/mol. The zero-order valence-electron chi connectivity index (χ0n) is 46.1. The van der Waals surface area contributed by atoms with Crippen LogP contribution in [0.4, 0.5) is 0 Å². The van der Waals surface area contributed by atoms with E-state index >= 15 is 0 Å². The summed E-state index contributed by atoms with van der Waals surface area (Å²) in [6, 6.07) is 0. The molecule has 0 aromatic heterocycles. The number of carbonyl (C=O) groups excluding carboxylic acids is 3. The van der Waals surface area contributed by atoms with Crippen molar-refractivity contribution >= 4 is 17.9 Å². The molecule has 0 bridgehead atoms. The molecular weight excluding hydrogens is 901 g/mol. The van der Waals surface area contributed by atoms with Crippen LogP contribution in [0.25, 0.3) is 0 Å². The number of hydrogen-bond donors (Lipinski definition) is 0. The maximum absolute atomic E-state index is 12.8. The molecule has 0 aromatic carbocycles. The lowest BCUT2D eigenvalue weighted by Crippen LogP contribution is -2.30. The minimum absolute atomic E-state index is 0.153. The summed E-state index contributed by atoms with van der Waals surface area (Å²) in [6.45, 7) is 6.22. The van der Waals surface area contributed by atoms with Crippen LogP contribution in [0.1, 0.15) is 201 Å². The van der Waals surface area contributed by atoms with Crippen LogP contribution in [-0.2, 0) is 28.6 Å². The highest BCUT2D eigenvalue weighted by Gasteiger charge is 2.19. The van der Waals surface area contributed by atoms with Gasteiger partial charge in [0.15, 0.2) is 6.10 Å². The van der Waals surface area contributed by atoms with Gasteiger partial charge in [-0.15, -0.1) is 0 Å². The fraction of sp³-hybridized carbons (Fsp3) is 0.507. The number of esters is 3. The Morgan fingerprint density at radius 2 is 0.575 bits per heavy atom. The first kappa shape index (κ1) is 67.5. The first-order chi connectivity index (χ1) is 36.0. The van der Waals surface area contributed by atoms with Crippen LogP contribution in [0.15, 0.2) is 182 Å². The van der Waals surface area contributed by atoms with Crippen molar-refractivity contribution in [3.8, 4) is 0 Å². The standard InChI is InChI=1S/C67H100O6/c1-4-7-10-13-16-19-22-25-28-31-33-36-39-42-45-48-51-54-57-60-66(69)72-63-64(62-71-65(68)59-56-53-50-47-44-41-38-35-30-27-24-21-18-15-12-9-6-3)73-67(70)61-58-55-52-49-46-43-40-37-34-32-29-26-23-20-17-14-11-8-5-2/h7-8,10-11,16-21,25-30,33-34,36-38,41-43,45-47,50,52,55,64H,4-6,9,12-15,22-24,31-32,35,39-40,44,48-49,51,53-54,56-63H2,1-3H3/b10-7-,11-8-,19-16-,20-17-,21-18-,28-25-,29-26-,30-27-,36-33-,37-34-,41-38-,45-42-,46-43-,50-47-,55-52-/t64-/m0/s1. The summed E-state index contributed by atoms with van der Waals surface area (Å²) in [6.07, 6.45) is 88.9. The highest BCUT2D eigenvalue weighted by molar-refractivity contribution is 5.71. The number of unbranched alkanes of at least 4 members (excludes halogenated alkanes) is 7. The maximum Gasteiger partial charge on any atom is 0.306 e. The van der Waals surface area contributed by atoms with Crippen LogP contribution in [0.5, 0.6) is 0 Å². The van der Waals surface area contributed by atoms with Crippen molar-refractivity contribution < 1.29 is 28.6 Å². The van der Waals surface area contributed by atoms with Gasteiger partial charge in [0.25, 0.3) is 0 Å². The van der Waals surface area contributed by atoms with Crippen LogP contribution in [0.3, 0.4) is 0 Å². The Morgan fingerprint density at radius 1 is 0.288 bits per heavy atom. The zero-order valence-corrected chi connectivity index (χ0v) is 46.1. The average Bonchev–Trinajstić information content (AvgIpc) is 3.39. The van der Waals surface area contributed by atoms with Crippen molar-refractivity contribution in [2.75, 3.05) is 13.2 Å². The van der Waals surface area contributed by atoms with E-state index in [1.54, 1.807) is 0 Å². The highest BCUT2D eigenvalue weighted by Crippen LogP contribution is 2.09. The molecule has 0 aliphatic carbocycles. The van der Waals surface area contributed by atoms with Gasteiger partial charge in [-0.2, -0.15) is 0 Å². The van der Waals surface area contributed by atoms with E-state index in [2.05, 4.69) is 191 Å². The molecule has 0 aliphatic heterocycles. The third-order valence-corrected chi connectivity index (χ3v) is 10.9. The van der Waals surface area contributed by atoms with E-state index in [1.165, 1.54) is 25.7 Å². The van der Waals surface area contributed by atoms with Gasteiger partial charge in [-0.3, -0.25) is 14.4 Å². The molecule has 1 atom stereocenters. The summed E-state index contributed by atoms with van der Waals surface area (Å²) < 4.78 is 16.7. The molecule has 6 nitrogen and oxygen atoms in total. The Hall–Kier alpha value is -5.49. The van der Waals surface area contributed by atoms with Gasteiger partial charge in [-0.05, 0) is 141 Å². The lowest BCUT2D eigenvalue weighted by atomic mass is 10.1. The molecule has 0 heterocycles. The van der Waals surface area contributed by atoms with E-state index in [1.807, 2.05) is 12.2 Å². The third kappa shape index (κ3) is 57.3. The van der Waals surface area contributed by atoms with Gasteiger partial charge in [0.05, 0.1) is 0 Å². The van der Waals surface area contributed by atoms with Crippen molar-refractivity contribution in [3.63, 3.8) is 0 Å². The normalized spacial score (nSPS) is 13.5. The quantitative estimate of drug-likeness (QED) is 0.0262. The number of rotatable bonds is 48. The Balaban J connectivity index is 4.70.